The maximum atomic E-state index is 12.8. The van der Waals surface area contributed by atoms with Gasteiger partial charge in [-0.05, 0) is 54.1 Å². The molecule has 1 aliphatic heterocycles. The van der Waals surface area contributed by atoms with Crippen molar-refractivity contribution >= 4 is 18.3 Å². The lowest BCUT2D eigenvalue weighted by Gasteiger charge is -2.19. The largest absolute Gasteiger partial charge is 0.342 e. The molecule has 2 aliphatic carbocycles. The molecule has 3 fully saturated rings. The fourth-order valence-corrected chi connectivity index (χ4v) is 4.69. The Balaban J connectivity index is 0.00000169. The van der Waals surface area contributed by atoms with E-state index in [2.05, 4.69) is 43.0 Å². The molecule has 1 amide bonds. The van der Waals surface area contributed by atoms with Crippen molar-refractivity contribution in [3.05, 3.63) is 35.4 Å². The molecular weight excluding hydrogens is 320 g/mol. The van der Waals surface area contributed by atoms with Gasteiger partial charge < -0.3 is 10.6 Å². The predicted octanol–water partition coefficient (Wildman–Crippen LogP) is 3.53. The van der Waals surface area contributed by atoms with Crippen LogP contribution in [-0.4, -0.2) is 29.9 Å². The highest BCUT2D eigenvalue weighted by Crippen LogP contribution is 2.50. The number of carbonyl (C=O) groups excluding carboxylic acids is 1. The van der Waals surface area contributed by atoms with Crippen molar-refractivity contribution in [3.8, 4) is 0 Å². The monoisotopic (exact) mass is 348 g/mol. The number of halogens is 1. The van der Waals surface area contributed by atoms with Crippen molar-refractivity contribution in [1.29, 1.82) is 0 Å². The molecule has 5 unspecified atom stereocenters. The standard InChI is InChI=1S/C20H28N2O.ClH/c1-12(2)13-3-5-14(6-4-13)16-9-17(16)20(23)22-10-15-7-8-19(21)18(15)11-22;/h3-6,12,15-19H,7-11,21H2,1-2H3;1H. The predicted molar refractivity (Wildman–Crippen MR) is 99.4 cm³/mol. The van der Waals surface area contributed by atoms with Crippen molar-refractivity contribution in [1.82, 2.24) is 4.90 Å². The summed E-state index contributed by atoms with van der Waals surface area (Å²) >= 11 is 0. The molecule has 1 saturated heterocycles. The van der Waals surface area contributed by atoms with E-state index < -0.39 is 0 Å². The number of benzene rings is 1. The Labute approximate surface area is 151 Å². The van der Waals surface area contributed by atoms with Gasteiger partial charge in [0.25, 0.3) is 0 Å². The summed E-state index contributed by atoms with van der Waals surface area (Å²) in [6.07, 6.45) is 3.38. The molecule has 1 aromatic carbocycles. The molecular formula is C20H29ClN2O. The number of hydrogen-bond donors (Lipinski definition) is 1. The van der Waals surface area contributed by atoms with Crippen LogP contribution in [0.15, 0.2) is 24.3 Å². The lowest BCUT2D eigenvalue weighted by Crippen LogP contribution is -2.34. The van der Waals surface area contributed by atoms with Gasteiger partial charge in [0.2, 0.25) is 5.91 Å². The first-order valence-electron chi connectivity index (χ1n) is 9.19. The first-order chi connectivity index (χ1) is 11.0. The Hall–Kier alpha value is -1.06. The number of carbonyl (C=O) groups is 1. The molecule has 0 spiro atoms. The number of nitrogens with two attached hydrogens (primary N) is 1. The summed E-state index contributed by atoms with van der Waals surface area (Å²) in [7, 11) is 0. The summed E-state index contributed by atoms with van der Waals surface area (Å²) in [6, 6.07) is 9.21. The van der Waals surface area contributed by atoms with Crippen molar-refractivity contribution in [2.45, 2.75) is 51.0 Å². The molecule has 5 atom stereocenters. The maximum absolute atomic E-state index is 12.8. The summed E-state index contributed by atoms with van der Waals surface area (Å²) < 4.78 is 0. The zero-order chi connectivity index (χ0) is 16.1. The van der Waals surface area contributed by atoms with Gasteiger partial charge >= 0.3 is 0 Å². The van der Waals surface area contributed by atoms with Gasteiger partial charge in [-0.2, -0.15) is 0 Å². The second-order valence-corrected chi connectivity index (χ2v) is 8.18. The van der Waals surface area contributed by atoms with E-state index in [9.17, 15) is 4.79 Å². The van der Waals surface area contributed by atoms with Crippen LogP contribution in [0.5, 0.6) is 0 Å². The minimum absolute atomic E-state index is 0. The third-order valence-corrected chi connectivity index (χ3v) is 6.36. The summed E-state index contributed by atoms with van der Waals surface area (Å²) in [5.74, 6) is 2.82. The molecule has 3 aliphatic rings. The number of hydrogen-bond acceptors (Lipinski definition) is 2. The average Bonchev–Trinajstić information content (AvgIpc) is 3.11. The van der Waals surface area contributed by atoms with Crippen LogP contribution < -0.4 is 5.73 Å². The van der Waals surface area contributed by atoms with Crippen LogP contribution in [0.25, 0.3) is 0 Å². The zero-order valence-corrected chi connectivity index (χ0v) is 15.5. The van der Waals surface area contributed by atoms with Gasteiger partial charge in [0, 0.05) is 25.0 Å². The van der Waals surface area contributed by atoms with Crippen LogP contribution >= 0.6 is 12.4 Å². The summed E-state index contributed by atoms with van der Waals surface area (Å²) in [5.41, 5.74) is 8.90. The first-order valence-corrected chi connectivity index (χ1v) is 9.19. The molecule has 4 heteroatoms. The molecule has 0 bridgehead atoms. The first kappa shape index (κ1) is 17.8. The van der Waals surface area contributed by atoms with E-state index in [0.29, 0.717) is 35.6 Å². The van der Waals surface area contributed by atoms with Crippen LogP contribution in [0.2, 0.25) is 0 Å². The van der Waals surface area contributed by atoms with E-state index >= 15 is 0 Å². The Kier molecular flexibility index (Phi) is 4.94. The summed E-state index contributed by atoms with van der Waals surface area (Å²) in [5, 5.41) is 0. The minimum Gasteiger partial charge on any atom is -0.342 e. The SMILES string of the molecule is CC(C)c1ccc(C2CC2C(=O)N2CC3CCC(N)C3C2)cc1.Cl. The molecule has 0 aromatic heterocycles. The zero-order valence-electron chi connectivity index (χ0n) is 14.7. The molecule has 1 aromatic rings. The van der Waals surface area contributed by atoms with E-state index in [1.165, 1.54) is 17.5 Å². The van der Waals surface area contributed by atoms with E-state index in [1.807, 2.05) is 0 Å². The second-order valence-electron chi connectivity index (χ2n) is 8.18. The molecule has 3 nitrogen and oxygen atoms in total. The number of nitrogens with zero attached hydrogens (tertiary/aromatic N) is 1. The number of fused-ring (bicyclic) bond motifs is 1. The smallest absolute Gasteiger partial charge is 0.226 e. The Morgan fingerprint density at radius 2 is 1.88 bits per heavy atom. The fourth-order valence-electron chi connectivity index (χ4n) is 4.69. The molecule has 2 saturated carbocycles. The lowest BCUT2D eigenvalue weighted by atomic mass is 9.98. The van der Waals surface area contributed by atoms with Crippen LogP contribution in [0, 0.1) is 17.8 Å². The Morgan fingerprint density at radius 1 is 1.17 bits per heavy atom. The highest BCUT2D eigenvalue weighted by atomic mass is 35.5. The lowest BCUT2D eigenvalue weighted by molar-refractivity contribution is -0.131. The third kappa shape index (κ3) is 3.09. The van der Waals surface area contributed by atoms with Gasteiger partial charge in [0.1, 0.15) is 0 Å². The molecule has 132 valence electrons. The Bertz CT molecular complexity index is 600. The van der Waals surface area contributed by atoms with E-state index in [4.69, 9.17) is 5.73 Å². The maximum Gasteiger partial charge on any atom is 0.226 e. The van der Waals surface area contributed by atoms with Crippen LogP contribution in [0.3, 0.4) is 0 Å². The van der Waals surface area contributed by atoms with Crippen LogP contribution in [0.4, 0.5) is 0 Å². The van der Waals surface area contributed by atoms with Gasteiger partial charge in [-0.15, -0.1) is 12.4 Å². The van der Waals surface area contributed by atoms with E-state index in [1.54, 1.807) is 0 Å². The number of likely N-dealkylation sites (tertiary alicyclic amines) is 1. The second kappa shape index (κ2) is 6.68. The van der Waals surface area contributed by atoms with Gasteiger partial charge in [0.05, 0.1) is 0 Å². The number of amides is 1. The molecule has 24 heavy (non-hydrogen) atoms. The molecule has 1 heterocycles. The van der Waals surface area contributed by atoms with Gasteiger partial charge in [-0.3, -0.25) is 4.79 Å². The minimum atomic E-state index is 0. The average molecular weight is 349 g/mol. The fraction of sp³-hybridized carbons (Fsp3) is 0.650. The molecule has 0 radical (unpaired) electrons. The number of rotatable bonds is 3. The van der Waals surface area contributed by atoms with Crippen molar-refractivity contribution in [3.63, 3.8) is 0 Å². The van der Waals surface area contributed by atoms with E-state index in [0.717, 1.165) is 25.9 Å². The van der Waals surface area contributed by atoms with Crippen LogP contribution in [0.1, 0.15) is 56.1 Å². The normalized spacial score (nSPS) is 34.2. The van der Waals surface area contributed by atoms with Crippen molar-refractivity contribution in [2.24, 2.45) is 23.5 Å². The highest BCUT2D eigenvalue weighted by Gasteiger charge is 2.49. The van der Waals surface area contributed by atoms with E-state index in [-0.39, 0.29) is 18.3 Å². The summed E-state index contributed by atoms with van der Waals surface area (Å²) in [6.45, 7) is 6.29. The van der Waals surface area contributed by atoms with Gasteiger partial charge in [-0.1, -0.05) is 38.1 Å². The van der Waals surface area contributed by atoms with Crippen LogP contribution in [-0.2, 0) is 4.79 Å². The topological polar surface area (TPSA) is 46.3 Å². The van der Waals surface area contributed by atoms with Crippen molar-refractivity contribution < 1.29 is 4.79 Å². The molecule has 2 N–H and O–H groups in total. The highest BCUT2D eigenvalue weighted by molar-refractivity contribution is 5.85. The Morgan fingerprint density at radius 3 is 2.50 bits per heavy atom. The molecule has 4 rings (SSSR count). The third-order valence-electron chi connectivity index (χ3n) is 6.36. The quantitative estimate of drug-likeness (QED) is 0.908. The van der Waals surface area contributed by atoms with Gasteiger partial charge in [-0.25, -0.2) is 0 Å². The summed E-state index contributed by atoms with van der Waals surface area (Å²) in [4.78, 5) is 14.9. The van der Waals surface area contributed by atoms with Crippen molar-refractivity contribution in [2.75, 3.05) is 13.1 Å². The van der Waals surface area contributed by atoms with Gasteiger partial charge in [0.15, 0.2) is 0 Å².